The number of aliphatic hydroxyl groups is 1. The average molecular weight is 142 g/mol. The molecule has 1 atom stereocenters. The normalized spacial score (nSPS) is 11.5. The summed E-state index contributed by atoms with van der Waals surface area (Å²) in [6.45, 7) is 3.73. The van der Waals surface area contributed by atoms with Crippen LogP contribution < -0.4 is 0 Å². The third kappa shape index (κ3) is 7.24. The van der Waals surface area contributed by atoms with E-state index in [1.807, 2.05) is 19.1 Å². The first-order valence-corrected chi connectivity index (χ1v) is 3.42. The molecule has 1 unspecified atom stereocenters. The summed E-state index contributed by atoms with van der Waals surface area (Å²) in [6.07, 6.45) is 4.00. The highest BCUT2D eigenvalue weighted by Crippen LogP contribution is 1.81. The Balaban J connectivity index is 0.000000162. The zero-order valence-corrected chi connectivity index (χ0v) is 6.45. The Kier molecular flexibility index (Phi) is 5.88. The van der Waals surface area contributed by atoms with Crippen LogP contribution in [0.5, 0.6) is 0 Å². The molecule has 0 saturated carbocycles. The molecule has 58 valence electrons. The molecule has 0 aliphatic rings. The van der Waals surface area contributed by atoms with Gasteiger partial charge in [-0.25, -0.2) is 0 Å². The molecular weight excluding hydrogens is 128 g/mol. The fraction of sp³-hybridized carbons (Fsp3) is 0.500. The lowest BCUT2D eigenvalue weighted by atomic mass is 10.3. The maximum absolute atomic E-state index is 8.36. The van der Waals surface area contributed by atoms with Crippen LogP contribution in [0.4, 0.5) is 0 Å². The number of hydrogen-bond donors (Lipinski definition) is 1. The van der Waals surface area contributed by atoms with Crippen LogP contribution in [0.3, 0.4) is 0 Å². The number of furan rings is 1. The topological polar surface area (TPSA) is 33.4 Å². The summed E-state index contributed by atoms with van der Waals surface area (Å²) in [5, 5.41) is 8.36. The summed E-state index contributed by atoms with van der Waals surface area (Å²) in [4.78, 5) is 0. The molecule has 0 radical (unpaired) electrons. The molecule has 1 rings (SSSR count). The lowest BCUT2D eigenvalue weighted by Gasteiger charge is -1.90. The summed E-state index contributed by atoms with van der Waals surface area (Å²) in [5.74, 6) is 0. The molecule has 0 fully saturated rings. The summed E-state index contributed by atoms with van der Waals surface area (Å²) in [6, 6.07) is 3.67. The van der Waals surface area contributed by atoms with Crippen molar-refractivity contribution in [1.82, 2.24) is 0 Å². The van der Waals surface area contributed by atoms with Crippen molar-refractivity contribution in [2.24, 2.45) is 0 Å². The smallest absolute Gasteiger partial charge is 0.0902 e. The monoisotopic (exact) mass is 142 g/mol. The van der Waals surface area contributed by atoms with Gasteiger partial charge in [0.2, 0.25) is 0 Å². The maximum atomic E-state index is 8.36. The van der Waals surface area contributed by atoms with Crippen LogP contribution in [0.25, 0.3) is 0 Å². The first-order chi connectivity index (χ1) is 4.77. The minimum Gasteiger partial charge on any atom is -0.473 e. The SMILES string of the molecule is CCC(C)O.c1ccoc1. The van der Waals surface area contributed by atoms with Crippen LogP contribution in [0, 0.1) is 0 Å². The Bertz CT molecular complexity index is 105. The van der Waals surface area contributed by atoms with E-state index in [4.69, 9.17) is 5.11 Å². The minimum absolute atomic E-state index is 0.116. The van der Waals surface area contributed by atoms with Crippen LogP contribution >= 0.6 is 0 Å². The highest BCUT2D eigenvalue weighted by Gasteiger charge is 1.81. The van der Waals surface area contributed by atoms with Gasteiger partial charge in [0.15, 0.2) is 0 Å². The Morgan fingerprint density at radius 1 is 1.40 bits per heavy atom. The van der Waals surface area contributed by atoms with Gasteiger partial charge in [-0.2, -0.15) is 0 Å². The second-order valence-electron chi connectivity index (χ2n) is 2.05. The standard InChI is InChI=1S/C4H4O.C4H10O/c1-2-4-5-3-1;1-3-4(2)5/h1-4H;4-5H,3H2,1-2H3. The van der Waals surface area contributed by atoms with Crippen LogP contribution in [0.15, 0.2) is 29.1 Å². The Labute approximate surface area is 61.5 Å². The molecule has 1 heterocycles. The molecule has 1 aromatic heterocycles. The highest BCUT2D eigenvalue weighted by atomic mass is 16.3. The van der Waals surface area contributed by atoms with Gasteiger partial charge in [0.1, 0.15) is 0 Å². The summed E-state index contributed by atoms with van der Waals surface area (Å²) >= 11 is 0. The van der Waals surface area contributed by atoms with Crippen molar-refractivity contribution in [3.8, 4) is 0 Å². The molecular formula is C8H14O2. The molecule has 0 saturated heterocycles. The zero-order chi connectivity index (χ0) is 7.82. The first kappa shape index (κ1) is 9.24. The number of rotatable bonds is 1. The molecule has 0 spiro atoms. The van der Waals surface area contributed by atoms with Gasteiger partial charge in [-0.3, -0.25) is 0 Å². The van der Waals surface area contributed by atoms with E-state index in [-0.39, 0.29) is 6.10 Å². The molecule has 1 N–H and O–H groups in total. The second-order valence-corrected chi connectivity index (χ2v) is 2.05. The second kappa shape index (κ2) is 6.36. The summed E-state index contributed by atoms with van der Waals surface area (Å²) < 4.78 is 4.58. The summed E-state index contributed by atoms with van der Waals surface area (Å²) in [5.41, 5.74) is 0. The van der Waals surface area contributed by atoms with Crippen molar-refractivity contribution in [2.75, 3.05) is 0 Å². The minimum atomic E-state index is -0.116. The lowest BCUT2D eigenvalue weighted by molar-refractivity contribution is 0.191. The van der Waals surface area contributed by atoms with E-state index in [0.717, 1.165) is 6.42 Å². The van der Waals surface area contributed by atoms with E-state index in [1.165, 1.54) is 0 Å². The van der Waals surface area contributed by atoms with Gasteiger partial charge in [-0.1, -0.05) is 6.92 Å². The van der Waals surface area contributed by atoms with Crippen LogP contribution in [0.1, 0.15) is 20.3 Å². The van der Waals surface area contributed by atoms with Gasteiger partial charge >= 0.3 is 0 Å². The Morgan fingerprint density at radius 3 is 1.90 bits per heavy atom. The van der Waals surface area contributed by atoms with Crippen molar-refractivity contribution in [3.63, 3.8) is 0 Å². The van der Waals surface area contributed by atoms with Crippen molar-refractivity contribution >= 4 is 0 Å². The molecule has 10 heavy (non-hydrogen) atoms. The molecule has 0 aliphatic carbocycles. The lowest BCUT2D eigenvalue weighted by Crippen LogP contribution is -1.93. The van der Waals surface area contributed by atoms with E-state index in [2.05, 4.69) is 4.42 Å². The molecule has 0 aliphatic heterocycles. The predicted octanol–water partition coefficient (Wildman–Crippen LogP) is 2.06. The third-order valence-corrected chi connectivity index (χ3v) is 1.02. The molecule has 1 aromatic rings. The van der Waals surface area contributed by atoms with Gasteiger partial charge in [-0.05, 0) is 25.5 Å². The summed E-state index contributed by atoms with van der Waals surface area (Å²) in [7, 11) is 0. The van der Waals surface area contributed by atoms with E-state index < -0.39 is 0 Å². The molecule has 0 amide bonds. The van der Waals surface area contributed by atoms with E-state index in [1.54, 1.807) is 19.5 Å². The first-order valence-electron chi connectivity index (χ1n) is 3.42. The van der Waals surface area contributed by atoms with Crippen LogP contribution in [-0.4, -0.2) is 11.2 Å². The predicted molar refractivity (Wildman–Crippen MR) is 40.7 cm³/mol. The van der Waals surface area contributed by atoms with Crippen molar-refractivity contribution < 1.29 is 9.52 Å². The van der Waals surface area contributed by atoms with Crippen molar-refractivity contribution in [3.05, 3.63) is 24.7 Å². The quantitative estimate of drug-likeness (QED) is 0.651. The Morgan fingerprint density at radius 2 is 1.80 bits per heavy atom. The number of hydrogen-bond acceptors (Lipinski definition) is 2. The van der Waals surface area contributed by atoms with E-state index >= 15 is 0 Å². The average Bonchev–Trinajstić information content (AvgIpc) is 2.43. The van der Waals surface area contributed by atoms with Gasteiger partial charge in [0, 0.05) is 0 Å². The van der Waals surface area contributed by atoms with Crippen LogP contribution in [0.2, 0.25) is 0 Å². The van der Waals surface area contributed by atoms with Crippen molar-refractivity contribution in [1.29, 1.82) is 0 Å². The maximum Gasteiger partial charge on any atom is 0.0902 e. The van der Waals surface area contributed by atoms with Gasteiger partial charge in [-0.15, -0.1) is 0 Å². The molecule has 2 heteroatoms. The highest BCUT2D eigenvalue weighted by molar-refractivity contribution is 4.79. The van der Waals surface area contributed by atoms with Gasteiger partial charge in [0.05, 0.1) is 18.6 Å². The largest absolute Gasteiger partial charge is 0.473 e. The number of aliphatic hydroxyl groups excluding tert-OH is 1. The Hall–Kier alpha value is -0.760. The van der Waals surface area contributed by atoms with Crippen molar-refractivity contribution in [2.45, 2.75) is 26.4 Å². The van der Waals surface area contributed by atoms with Gasteiger partial charge < -0.3 is 9.52 Å². The molecule has 2 nitrogen and oxygen atoms in total. The zero-order valence-electron chi connectivity index (χ0n) is 6.45. The van der Waals surface area contributed by atoms with E-state index in [9.17, 15) is 0 Å². The fourth-order valence-corrected chi connectivity index (χ4v) is 0.227. The fourth-order valence-electron chi connectivity index (χ4n) is 0.227. The molecule has 0 bridgehead atoms. The van der Waals surface area contributed by atoms with Gasteiger partial charge in [0.25, 0.3) is 0 Å². The van der Waals surface area contributed by atoms with Crippen LogP contribution in [-0.2, 0) is 0 Å². The van der Waals surface area contributed by atoms with E-state index in [0.29, 0.717) is 0 Å². The molecule has 0 aromatic carbocycles. The third-order valence-electron chi connectivity index (χ3n) is 1.02.